The van der Waals surface area contributed by atoms with Crippen molar-refractivity contribution >= 4 is 21.6 Å². The van der Waals surface area contributed by atoms with Gasteiger partial charge in [0.2, 0.25) is 5.95 Å². The molecule has 2 rings (SSSR count). The first-order chi connectivity index (χ1) is 10.1. The van der Waals surface area contributed by atoms with Gasteiger partial charge in [-0.1, -0.05) is 0 Å². The Morgan fingerprint density at radius 2 is 2.05 bits per heavy atom. The maximum atomic E-state index is 12.8. The number of hydrogen-bond donors (Lipinski definition) is 1. The lowest BCUT2D eigenvalue weighted by Gasteiger charge is -2.16. The summed E-state index contributed by atoms with van der Waals surface area (Å²) in [6.07, 6.45) is -4.07. The Balaban J connectivity index is 2.15. The Kier molecular flexibility index (Phi) is 4.50. The van der Waals surface area contributed by atoms with E-state index in [0.717, 1.165) is 6.07 Å². The van der Waals surface area contributed by atoms with Crippen LogP contribution < -0.4 is 10.2 Å². The Labute approximate surface area is 126 Å². The molecule has 0 spiro atoms. The number of hydrogen-bond acceptors (Lipinski definition) is 6. The Morgan fingerprint density at radius 1 is 1.36 bits per heavy atom. The fraction of sp³-hybridized carbons (Fsp3) is 0.667. The Bertz CT molecular complexity index is 646. The van der Waals surface area contributed by atoms with Gasteiger partial charge in [-0.15, -0.1) is 0 Å². The van der Waals surface area contributed by atoms with Crippen LogP contribution in [0.25, 0.3) is 0 Å². The summed E-state index contributed by atoms with van der Waals surface area (Å²) >= 11 is 0. The summed E-state index contributed by atoms with van der Waals surface area (Å²) in [7, 11) is 0.136. The van der Waals surface area contributed by atoms with Gasteiger partial charge in [-0.25, -0.2) is 13.4 Å². The van der Waals surface area contributed by atoms with E-state index in [2.05, 4.69) is 15.3 Å². The minimum atomic E-state index is -4.57. The number of halogens is 3. The van der Waals surface area contributed by atoms with E-state index in [9.17, 15) is 21.6 Å². The molecular weight excluding hydrogens is 321 g/mol. The Hall–Kier alpha value is -1.58. The second-order valence-electron chi connectivity index (χ2n) is 5.48. The van der Waals surface area contributed by atoms with Crippen LogP contribution in [0.5, 0.6) is 0 Å². The van der Waals surface area contributed by atoms with Crippen molar-refractivity contribution in [2.75, 3.05) is 42.4 Å². The van der Waals surface area contributed by atoms with Crippen molar-refractivity contribution in [3.05, 3.63) is 11.8 Å². The van der Waals surface area contributed by atoms with Gasteiger partial charge in [0.25, 0.3) is 0 Å². The van der Waals surface area contributed by atoms with Gasteiger partial charge in [0.15, 0.2) is 15.5 Å². The van der Waals surface area contributed by atoms with Gasteiger partial charge in [0.1, 0.15) is 5.82 Å². The summed E-state index contributed by atoms with van der Waals surface area (Å²) in [5.41, 5.74) is -1.03. The van der Waals surface area contributed by atoms with Crippen molar-refractivity contribution in [1.82, 2.24) is 9.97 Å². The topological polar surface area (TPSA) is 75.2 Å². The quantitative estimate of drug-likeness (QED) is 0.895. The highest BCUT2D eigenvalue weighted by Crippen LogP contribution is 2.30. The SMILES string of the molecule is CN(C)c1cc(C(F)(F)F)nc(NCC2CCS(=O)(=O)C2)n1. The number of rotatable bonds is 4. The van der Waals surface area contributed by atoms with E-state index in [0.29, 0.717) is 6.42 Å². The van der Waals surface area contributed by atoms with E-state index in [1.165, 1.54) is 4.90 Å². The second kappa shape index (κ2) is 5.90. The van der Waals surface area contributed by atoms with Gasteiger partial charge < -0.3 is 10.2 Å². The van der Waals surface area contributed by atoms with E-state index < -0.39 is 21.7 Å². The van der Waals surface area contributed by atoms with Crippen LogP contribution >= 0.6 is 0 Å². The van der Waals surface area contributed by atoms with Crippen molar-refractivity contribution in [1.29, 1.82) is 0 Å². The molecule has 0 bridgehead atoms. The largest absolute Gasteiger partial charge is 0.433 e. The molecule has 22 heavy (non-hydrogen) atoms. The molecule has 1 unspecified atom stereocenters. The average Bonchev–Trinajstić information content (AvgIpc) is 2.74. The summed E-state index contributed by atoms with van der Waals surface area (Å²) in [5.74, 6) is 0.00302. The number of sulfone groups is 1. The fourth-order valence-electron chi connectivity index (χ4n) is 2.16. The average molecular weight is 338 g/mol. The molecule has 1 fully saturated rings. The van der Waals surface area contributed by atoms with Crippen LogP contribution in [-0.2, 0) is 16.0 Å². The first-order valence-electron chi connectivity index (χ1n) is 6.65. The summed E-state index contributed by atoms with van der Waals surface area (Å²) in [5, 5.41) is 2.72. The molecule has 1 aromatic rings. The smallest absolute Gasteiger partial charge is 0.363 e. The zero-order valence-corrected chi connectivity index (χ0v) is 13.0. The lowest BCUT2D eigenvalue weighted by atomic mass is 10.1. The first kappa shape index (κ1) is 16.8. The van der Waals surface area contributed by atoms with Crippen LogP contribution in [0.1, 0.15) is 12.1 Å². The highest BCUT2D eigenvalue weighted by atomic mass is 32.2. The van der Waals surface area contributed by atoms with E-state index >= 15 is 0 Å². The highest BCUT2D eigenvalue weighted by Gasteiger charge is 2.34. The highest BCUT2D eigenvalue weighted by molar-refractivity contribution is 7.91. The number of aromatic nitrogens is 2. The summed E-state index contributed by atoms with van der Waals surface area (Å²) in [4.78, 5) is 8.91. The summed E-state index contributed by atoms with van der Waals surface area (Å²) < 4.78 is 61.2. The third kappa shape index (κ3) is 4.21. The molecule has 1 aliphatic heterocycles. The molecule has 1 aliphatic rings. The van der Waals surface area contributed by atoms with Gasteiger partial charge in [-0.05, 0) is 12.3 Å². The Morgan fingerprint density at radius 3 is 2.55 bits per heavy atom. The molecular formula is C12H17F3N4O2S. The van der Waals surface area contributed by atoms with Crippen LogP contribution in [0.3, 0.4) is 0 Å². The summed E-state index contributed by atoms with van der Waals surface area (Å²) in [6, 6.07) is 0.866. The van der Waals surface area contributed by atoms with Crippen molar-refractivity contribution in [2.24, 2.45) is 5.92 Å². The molecule has 6 nitrogen and oxygen atoms in total. The van der Waals surface area contributed by atoms with Crippen LogP contribution in [0.2, 0.25) is 0 Å². The van der Waals surface area contributed by atoms with Gasteiger partial charge in [-0.2, -0.15) is 18.2 Å². The molecule has 0 aromatic carbocycles. The molecule has 1 N–H and O–H groups in total. The molecule has 2 heterocycles. The molecule has 0 amide bonds. The number of nitrogens with zero attached hydrogens (tertiary/aromatic N) is 3. The van der Waals surface area contributed by atoms with Crippen molar-refractivity contribution < 1.29 is 21.6 Å². The third-order valence-electron chi connectivity index (χ3n) is 3.34. The van der Waals surface area contributed by atoms with Crippen molar-refractivity contribution in [2.45, 2.75) is 12.6 Å². The van der Waals surface area contributed by atoms with E-state index in [1.807, 2.05) is 0 Å². The zero-order chi connectivity index (χ0) is 16.5. The maximum Gasteiger partial charge on any atom is 0.433 e. The third-order valence-corrected chi connectivity index (χ3v) is 5.17. The van der Waals surface area contributed by atoms with Crippen molar-refractivity contribution in [3.8, 4) is 0 Å². The lowest BCUT2D eigenvalue weighted by Crippen LogP contribution is -2.20. The molecule has 0 aliphatic carbocycles. The minimum Gasteiger partial charge on any atom is -0.363 e. The van der Waals surface area contributed by atoms with E-state index in [-0.39, 0.29) is 35.7 Å². The maximum absolute atomic E-state index is 12.8. The first-order valence-corrected chi connectivity index (χ1v) is 8.47. The zero-order valence-electron chi connectivity index (χ0n) is 12.2. The number of alkyl halides is 3. The monoisotopic (exact) mass is 338 g/mol. The van der Waals surface area contributed by atoms with Crippen LogP contribution in [-0.4, -0.2) is 50.5 Å². The molecule has 10 heteroatoms. The molecule has 124 valence electrons. The second-order valence-corrected chi connectivity index (χ2v) is 7.71. The molecule has 0 radical (unpaired) electrons. The predicted octanol–water partition coefficient (Wildman–Crippen LogP) is 1.41. The fourth-order valence-corrected chi connectivity index (χ4v) is 4.02. The number of anilines is 2. The van der Waals surface area contributed by atoms with Crippen molar-refractivity contribution in [3.63, 3.8) is 0 Å². The van der Waals surface area contributed by atoms with Gasteiger partial charge in [0.05, 0.1) is 11.5 Å². The van der Waals surface area contributed by atoms with Crippen LogP contribution in [0.15, 0.2) is 6.07 Å². The molecule has 1 aromatic heterocycles. The van der Waals surface area contributed by atoms with Gasteiger partial charge >= 0.3 is 6.18 Å². The van der Waals surface area contributed by atoms with Crippen LogP contribution in [0, 0.1) is 5.92 Å². The normalized spacial score (nSPS) is 20.9. The molecule has 0 saturated carbocycles. The van der Waals surface area contributed by atoms with Crippen LogP contribution in [0.4, 0.5) is 24.9 Å². The van der Waals surface area contributed by atoms with Gasteiger partial charge in [0, 0.05) is 26.7 Å². The minimum absolute atomic E-state index is 0.0412. The van der Waals surface area contributed by atoms with E-state index in [1.54, 1.807) is 14.1 Å². The van der Waals surface area contributed by atoms with Gasteiger partial charge in [-0.3, -0.25) is 0 Å². The standard InChI is InChI=1S/C12H17F3N4O2S/c1-19(2)10-5-9(12(13,14)15)17-11(18-10)16-6-8-3-4-22(20,21)7-8/h5,8H,3-4,6-7H2,1-2H3,(H,16,17,18). The van der Waals surface area contributed by atoms with E-state index in [4.69, 9.17) is 0 Å². The summed E-state index contributed by atoms with van der Waals surface area (Å²) in [6.45, 7) is 0.230. The molecule has 1 saturated heterocycles. The lowest BCUT2D eigenvalue weighted by molar-refractivity contribution is -0.141. The molecule has 1 atom stereocenters. The number of nitrogens with one attached hydrogen (secondary N) is 1. The predicted molar refractivity (Wildman–Crippen MR) is 76.6 cm³/mol.